The molecule has 0 aromatic rings. The molecule has 0 radical (unpaired) electrons. The SMILES string of the molecule is CCC(C)C1(C)C(=O)NC(=O)N1Cl. The Hall–Kier alpha value is -0.770. The lowest BCUT2D eigenvalue weighted by Gasteiger charge is -2.31. The molecule has 3 amide bonds. The predicted molar refractivity (Wildman–Crippen MR) is 49.1 cm³/mol. The molecule has 0 aromatic carbocycles. The summed E-state index contributed by atoms with van der Waals surface area (Å²) in [4.78, 5) is 22.5. The predicted octanol–water partition coefficient (Wildman–Crippen LogP) is 1.50. The van der Waals surface area contributed by atoms with Gasteiger partial charge in [-0.25, -0.2) is 9.21 Å². The van der Waals surface area contributed by atoms with Gasteiger partial charge in [0.05, 0.1) is 0 Å². The number of carbonyl (C=O) groups is 2. The molecule has 74 valence electrons. The summed E-state index contributed by atoms with van der Waals surface area (Å²) >= 11 is 5.74. The van der Waals surface area contributed by atoms with E-state index < -0.39 is 11.6 Å². The van der Waals surface area contributed by atoms with Crippen LogP contribution in [0.4, 0.5) is 4.79 Å². The summed E-state index contributed by atoms with van der Waals surface area (Å²) in [5.41, 5.74) is -0.909. The largest absolute Gasteiger partial charge is 0.339 e. The zero-order chi connectivity index (χ0) is 10.2. The second-order valence-corrected chi connectivity index (χ2v) is 3.83. The molecule has 0 spiro atoms. The van der Waals surface area contributed by atoms with Crippen LogP contribution in [0.1, 0.15) is 27.2 Å². The van der Waals surface area contributed by atoms with E-state index in [0.717, 1.165) is 10.8 Å². The molecule has 0 bridgehead atoms. The van der Waals surface area contributed by atoms with Crippen LogP contribution in [0.2, 0.25) is 0 Å². The molecule has 2 atom stereocenters. The molecule has 5 heteroatoms. The van der Waals surface area contributed by atoms with Crippen LogP contribution in [-0.2, 0) is 4.79 Å². The highest BCUT2D eigenvalue weighted by atomic mass is 35.5. The van der Waals surface area contributed by atoms with Crippen LogP contribution in [0, 0.1) is 5.92 Å². The average Bonchev–Trinajstić information content (AvgIpc) is 2.30. The van der Waals surface area contributed by atoms with Gasteiger partial charge in [-0.15, -0.1) is 0 Å². The van der Waals surface area contributed by atoms with Gasteiger partial charge in [0.1, 0.15) is 5.54 Å². The van der Waals surface area contributed by atoms with Gasteiger partial charge in [0.15, 0.2) is 0 Å². The molecule has 1 heterocycles. The van der Waals surface area contributed by atoms with Crippen LogP contribution in [0.5, 0.6) is 0 Å². The van der Waals surface area contributed by atoms with Crippen molar-refractivity contribution in [2.45, 2.75) is 32.7 Å². The van der Waals surface area contributed by atoms with E-state index in [9.17, 15) is 9.59 Å². The van der Waals surface area contributed by atoms with Crippen molar-refractivity contribution in [3.63, 3.8) is 0 Å². The minimum Gasteiger partial charge on any atom is -0.275 e. The number of carbonyl (C=O) groups excluding carboxylic acids is 2. The smallest absolute Gasteiger partial charge is 0.275 e. The number of imide groups is 1. The van der Waals surface area contributed by atoms with Crippen LogP contribution in [-0.4, -0.2) is 21.9 Å². The summed E-state index contributed by atoms with van der Waals surface area (Å²) in [5, 5.41) is 2.19. The number of hydrogen-bond acceptors (Lipinski definition) is 2. The zero-order valence-corrected chi connectivity index (χ0v) is 8.68. The standard InChI is InChI=1S/C8H13ClN2O2/c1-4-5(2)8(3)6(12)10-7(13)11(8)9/h5H,4H2,1-3H3,(H,10,12,13). The highest BCUT2D eigenvalue weighted by molar-refractivity contribution is 6.28. The van der Waals surface area contributed by atoms with Crippen molar-refractivity contribution in [2.75, 3.05) is 0 Å². The second-order valence-electron chi connectivity index (χ2n) is 3.50. The number of urea groups is 1. The maximum absolute atomic E-state index is 11.5. The van der Waals surface area contributed by atoms with E-state index in [0.29, 0.717) is 0 Å². The molecule has 0 saturated carbocycles. The summed E-state index contributed by atoms with van der Waals surface area (Å²) in [6.45, 7) is 5.53. The van der Waals surface area contributed by atoms with Crippen LogP contribution in [0.3, 0.4) is 0 Å². The molecule has 13 heavy (non-hydrogen) atoms. The van der Waals surface area contributed by atoms with Gasteiger partial charge in [0.2, 0.25) is 0 Å². The summed E-state index contributed by atoms with van der Waals surface area (Å²) in [7, 11) is 0. The Labute approximate surface area is 82.3 Å². The van der Waals surface area contributed by atoms with E-state index in [1.165, 1.54) is 0 Å². The molecular formula is C8H13ClN2O2. The third-order valence-corrected chi connectivity index (χ3v) is 3.34. The monoisotopic (exact) mass is 204 g/mol. The summed E-state index contributed by atoms with van der Waals surface area (Å²) in [5.74, 6) is -0.279. The Morgan fingerprint density at radius 2 is 2.15 bits per heavy atom. The lowest BCUT2D eigenvalue weighted by atomic mass is 9.85. The molecule has 0 aliphatic carbocycles. The Kier molecular flexibility index (Phi) is 2.52. The fourth-order valence-corrected chi connectivity index (χ4v) is 1.67. The van der Waals surface area contributed by atoms with E-state index in [1.807, 2.05) is 13.8 Å². The van der Waals surface area contributed by atoms with Crippen LogP contribution < -0.4 is 5.32 Å². The molecule has 1 saturated heterocycles. The average molecular weight is 205 g/mol. The number of rotatable bonds is 2. The number of hydrogen-bond donors (Lipinski definition) is 1. The van der Waals surface area contributed by atoms with Crippen molar-refractivity contribution in [3.05, 3.63) is 0 Å². The molecular weight excluding hydrogens is 192 g/mol. The zero-order valence-electron chi connectivity index (χ0n) is 7.93. The first-order chi connectivity index (χ1) is 5.94. The van der Waals surface area contributed by atoms with E-state index in [2.05, 4.69) is 5.32 Å². The molecule has 1 fully saturated rings. The first kappa shape index (κ1) is 10.3. The van der Waals surface area contributed by atoms with Gasteiger partial charge in [-0.2, -0.15) is 0 Å². The maximum Gasteiger partial charge on any atom is 0.339 e. The quantitative estimate of drug-likeness (QED) is 0.548. The number of nitrogens with one attached hydrogen (secondary N) is 1. The van der Waals surface area contributed by atoms with Crippen LogP contribution >= 0.6 is 11.8 Å². The fourth-order valence-electron chi connectivity index (χ4n) is 1.39. The molecule has 4 nitrogen and oxygen atoms in total. The van der Waals surface area contributed by atoms with Crippen molar-refractivity contribution >= 4 is 23.7 Å². The number of amides is 3. The molecule has 1 N–H and O–H groups in total. The lowest BCUT2D eigenvalue weighted by molar-refractivity contribution is -0.126. The van der Waals surface area contributed by atoms with Gasteiger partial charge < -0.3 is 0 Å². The Bertz CT molecular complexity index is 257. The van der Waals surface area contributed by atoms with Crippen LogP contribution in [0.15, 0.2) is 0 Å². The third-order valence-electron chi connectivity index (χ3n) is 2.84. The van der Waals surface area contributed by atoms with Crippen molar-refractivity contribution in [1.29, 1.82) is 0 Å². The first-order valence-corrected chi connectivity index (χ1v) is 4.59. The maximum atomic E-state index is 11.5. The number of halogens is 1. The topological polar surface area (TPSA) is 49.4 Å². The third kappa shape index (κ3) is 1.29. The van der Waals surface area contributed by atoms with Gasteiger partial charge in [0, 0.05) is 11.8 Å². The van der Waals surface area contributed by atoms with Crippen molar-refractivity contribution in [3.8, 4) is 0 Å². The van der Waals surface area contributed by atoms with E-state index in [1.54, 1.807) is 6.92 Å². The van der Waals surface area contributed by atoms with Gasteiger partial charge >= 0.3 is 6.03 Å². The van der Waals surface area contributed by atoms with Crippen molar-refractivity contribution < 1.29 is 9.59 Å². The number of nitrogens with zero attached hydrogens (tertiary/aromatic N) is 1. The van der Waals surface area contributed by atoms with E-state index in [-0.39, 0.29) is 11.8 Å². The highest BCUT2D eigenvalue weighted by Gasteiger charge is 2.51. The lowest BCUT2D eigenvalue weighted by Crippen LogP contribution is -2.47. The molecule has 2 unspecified atom stereocenters. The first-order valence-electron chi connectivity index (χ1n) is 4.26. The van der Waals surface area contributed by atoms with Gasteiger partial charge in [-0.05, 0) is 12.8 Å². The normalized spacial score (nSPS) is 30.6. The highest BCUT2D eigenvalue weighted by Crippen LogP contribution is 2.32. The molecule has 1 aliphatic heterocycles. The Balaban J connectivity index is 3.00. The summed E-state index contributed by atoms with van der Waals surface area (Å²) in [6, 6.07) is -0.533. The van der Waals surface area contributed by atoms with Gasteiger partial charge in [0.25, 0.3) is 5.91 Å². The summed E-state index contributed by atoms with van der Waals surface area (Å²) < 4.78 is 0.962. The minimum absolute atomic E-state index is 0.0384. The second kappa shape index (κ2) is 3.18. The minimum atomic E-state index is -0.909. The molecule has 1 rings (SSSR count). The van der Waals surface area contributed by atoms with Crippen molar-refractivity contribution in [1.82, 2.24) is 9.74 Å². The Morgan fingerprint density at radius 3 is 2.46 bits per heavy atom. The van der Waals surface area contributed by atoms with Crippen molar-refractivity contribution in [2.24, 2.45) is 5.92 Å². The van der Waals surface area contributed by atoms with Gasteiger partial charge in [-0.3, -0.25) is 10.1 Å². The van der Waals surface area contributed by atoms with E-state index >= 15 is 0 Å². The fraction of sp³-hybridized carbons (Fsp3) is 0.750. The molecule has 0 aromatic heterocycles. The van der Waals surface area contributed by atoms with E-state index in [4.69, 9.17) is 11.8 Å². The van der Waals surface area contributed by atoms with Crippen LogP contribution in [0.25, 0.3) is 0 Å². The summed E-state index contributed by atoms with van der Waals surface area (Å²) in [6.07, 6.45) is 0.792. The molecule has 1 aliphatic rings. The van der Waals surface area contributed by atoms with Gasteiger partial charge in [-0.1, -0.05) is 20.3 Å². The Morgan fingerprint density at radius 1 is 1.62 bits per heavy atom.